The zero-order valence-corrected chi connectivity index (χ0v) is 11.1. The molecule has 0 amide bonds. The Hall–Kier alpha value is -1.10. The van der Waals surface area contributed by atoms with Gasteiger partial charge >= 0.3 is 0 Å². The van der Waals surface area contributed by atoms with E-state index >= 15 is 0 Å². The van der Waals surface area contributed by atoms with Crippen LogP contribution in [0.2, 0.25) is 5.02 Å². The lowest BCUT2D eigenvalue weighted by molar-refractivity contribution is 0.281. The van der Waals surface area contributed by atoms with Crippen molar-refractivity contribution in [2.75, 3.05) is 0 Å². The summed E-state index contributed by atoms with van der Waals surface area (Å²) in [6, 6.07) is 8.63. The third kappa shape index (κ3) is 3.19. The highest BCUT2D eigenvalue weighted by Crippen LogP contribution is 2.31. The largest absolute Gasteiger partial charge is 0.438 e. The molecule has 0 bridgehead atoms. The van der Waals surface area contributed by atoms with E-state index in [2.05, 4.69) is 20.9 Å². The van der Waals surface area contributed by atoms with Gasteiger partial charge in [0.2, 0.25) is 5.88 Å². The minimum absolute atomic E-state index is 0.0410. The number of benzene rings is 1. The minimum Gasteiger partial charge on any atom is -0.438 e. The van der Waals surface area contributed by atoms with E-state index in [0.29, 0.717) is 16.7 Å². The number of halogens is 2. The molecule has 0 saturated carbocycles. The molecular weight excluding hydrogens is 305 g/mol. The number of hydrogen-bond acceptors (Lipinski definition) is 3. The van der Waals surface area contributed by atoms with Crippen LogP contribution in [-0.2, 0) is 6.61 Å². The van der Waals surface area contributed by atoms with E-state index < -0.39 is 0 Å². The number of aromatic nitrogens is 1. The maximum absolute atomic E-state index is 9.01. The van der Waals surface area contributed by atoms with Crippen LogP contribution in [0.25, 0.3) is 0 Å². The zero-order chi connectivity index (χ0) is 12.3. The lowest BCUT2D eigenvalue weighted by atomic mass is 10.3. The highest BCUT2D eigenvalue weighted by atomic mass is 79.9. The first-order valence-corrected chi connectivity index (χ1v) is 6.05. The van der Waals surface area contributed by atoms with Crippen LogP contribution >= 0.6 is 27.5 Å². The molecule has 1 heterocycles. The molecule has 0 atom stereocenters. The molecule has 0 aliphatic rings. The molecule has 0 aliphatic heterocycles. The Balaban J connectivity index is 2.25. The molecular formula is C12H9BrClNO2. The fourth-order valence-corrected chi connectivity index (χ4v) is 2.04. The van der Waals surface area contributed by atoms with E-state index in [1.807, 2.05) is 0 Å². The normalized spacial score (nSPS) is 10.3. The van der Waals surface area contributed by atoms with Gasteiger partial charge in [0, 0.05) is 17.3 Å². The highest BCUT2D eigenvalue weighted by molar-refractivity contribution is 9.10. The molecule has 88 valence electrons. The molecule has 0 saturated heterocycles. The maximum atomic E-state index is 9.01. The summed E-state index contributed by atoms with van der Waals surface area (Å²) in [5.41, 5.74) is 0.750. The van der Waals surface area contributed by atoms with Crippen molar-refractivity contribution >= 4 is 27.5 Å². The molecule has 1 N–H and O–H groups in total. The average molecular weight is 315 g/mol. The minimum atomic E-state index is -0.0410. The van der Waals surface area contributed by atoms with Gasteiger partial charge in [-0.15, -0.1) is 0 Å². The first-order valence-electron chi connectivity index (χ1n) is 4.88. The Morgan fingerprint density at radius 3 is 2.82 bits per heavy atom. The summed E-state index contributed by atoms with van der Waals surface area (Å²) in [5, 5.41) is 9.64. The van der Waals surface area contributed by atoms with Crippen molar-refractivity contribution < 1.29 is 9.84 Å². The number of nitrogens with zero attached hydrogens (tertiary/aromatic N) is 1. The van der Waals surface area contributed by atoms with E-state index in [4.69, 9.17) is 21.4 Å². The molecule has 1 aromatic heterocycles. The standard InChI is InChI=1S/C12H9BrClNO2/c13-10-6-9(14)1-2-11(10)17-12-5-8(7-16)3-4-15-12/h1-6,16H,7H2. The monoisotopic (exact) mass is 313 g/mol. The van der Waals surface area contributed by atoms with Crippen LogP contribution in [0.15, 0.2) is 41.0 Å². The Morgan fingerprint density at radius 1 is 1.29 bits per heavy atom. The van der Waals surface area contributed by atoms with Gasteiger partial charge in [0.15, 0.2) is 0 Å². The van der Waals surface area contributed by atoms with Crippen LogP contribution in [0.3, 0.4) is 0 Å². The summed E-state index contributed by atoms with van der Waals surface area (Å²) < 4.78 is 6.33. The first kappa shape index (κ1) is 12.4. The van der Waals surface area contributed by atoms with E-state index in [-0.39, 0.29) is 6.61 Å². The molecule has 2 rings (SSSR count). The van der Waals surface area contributed by atoms with Gasteiger partial charge in [-0.05, 0) is 45.8 Å². The lowest BCUT2D eigenvalue weighted by Gasteiger charge is -2.07. The van der Waals surface area contributed by atoms with E-state index in [9.17, 15) is 0 Å². The molecule has 3 nitrogen and oxygen atoms in total. The van der Waals surface area contributed by atoms with Crippen LogP contribution in [0.1, 0.15) is 5.56 Å². The molecule has 17 heavy (non-hydrogen) atoms. The zero-order valence-electron chi connectivity index (χ0n) is 8.73. The van der Waals surface area contributed by atoms with Crippen LogP contribution in [-0.4, -0.2) is 10.1 Å². The van der Waals surface area contributed by atoms with E-state index in [0.717, 1.165) is 10.0 Å². The van der Waals surface area contributed by atoms with Crippen LogP contribution in [0.4, 0.5) is 0 Å². The fraction of sp³-hybridized carbons (Fsp3) is 0.0833. The van der Waals surface area contributed by atoms with Crippen LogP contribution in [0.5, 0.6) is 11.6 Å². The summed E-state index contributed by atoms with van der Waals surface area (Å²) in [6.45, 7) is -0.0410. The molecule has 0 radical (unpaired) electrons. The molecule has 1 aromatic carbocycles. The molecule has 5 heteroatoms. The summed E-state index contributed by atoms with van der Waals surface area (Å²) in [7, 11) is 0. The van der Waals surface area contributed by atoms with Gasteiger partial charge in [-0.2, -0.15) is 0 Å². The van der Waals surface area contributed by atoms with Crippen molar-refractivity contribution in [3.05, 3.63) is 51.6 Å². The van der Waals surface area contributed by atoms with Crippen molar-refractivity contribution in [1.82, 2.24) is 4.98 Å². The number of aliphatic hydroxyl groups excluding tert-OH is 1. The van der Waals surface area contributed by atoms with Crippen molar-refractivity contribution in [1.29, 1.82) is 0 Å². The third-order valence-electron chi connectivity index (χ3n) is 2.09. The Kier molecular flexibility index (Phi) is 3.99. The second kappa shape index (κ2) is 5.49. The number of rotatable bonds is 3. The first-order chi connectivity index (χ1) is 8.19. The molecule has 0 aliphatic carbocycles. The predicted molar refractivity (Wildman–Crippen MR) is 69.4 cm³/mol. The maximum Gasteiger partial charge on any atom is 0.219 e. The van der Waals surface area contributed by atoms with Gasteiger partial charge in [-0.25, -0.2) is 4.98 Å². The smallest absolute Gasteiger partial charge is 0.219 e. The number of ether oxygens (including phenoxy) is 1. The second-order valence-electron chi connectivity index (χ2n) is 3.34. The number of pyridine rings is 1. The average Bonchev–Trinajstić information content (AvgIpc) is 2.33. The van der Waals surface area contributed by atoms with Crippen molar-refractivity contribution in [3.8, 4) is 11.6 Å². The predicted octanol–water partition coefficient (Wildman–Crippen LogP) is 3.78. The van der Waals surface area contributed by atoms with Crippen molar-refractivity contribution in [2.45, 2.75) is 6.61 Å². The summed E-state index contributed by atoms with van der Waals surface area (Å²) >= 11 is 9.19. The van der Waals surface area contributed by atoms with Crippen LogP contribution in [0, 0.1) is 0 Å². The lowest BCUT2D eigenvalue weighted by Crippen LogP contribution is -1.91. The van der Waals surface area contributed by atoms with Gasteiger partial charge in [-0.1, -0.05) is 11.6 Å². The summed E-state index contributed by atoms with van der Waals surface area (Å²) in [4.78, 5) is 4.06. The fourth-order valence-electron chi connectivity index (χ4n) is 1.28. The highest BCUT2D eigenvalue weighted by Gasteiger charge is 2.04. The SMILES string of the molecule is OCc1ccnc(Oc2ccc(Cl)cc2Br)c1. The quantitative estimate of drug-likeness (QED) is 0.937. The molecule has 2 aromatic rings. The third-order valence-corrected chi connectivity index (χ3v) is 2.95. The van der Waals surface area contributed by atoms with E-state index in [1.54, 1.807) is 36.5 Å². The van der Waals surface area contributed by atoms with Gasteiger partial charge < -0.3 is 9.84 Å². The Morgan fingerprint density at radius 2 is 2.12 bits per heavy atom. The molecule has 0 spiro atoms. The second-order valence-corrected chi connectivity index (χ2v) is 4.63. The Labute approximate surface area is 112 Å². The van der Waals surface area contributed by atoms with Gasteiger partial charge in [-0.3, -0.25) is 0 Å². The Bertz CT molecular complexity index is 534. The van der Waals surface area contributed by atoms with Crippen molar-refractivity contribution in [3.63, 3.8) is 0 Å². The van der Waals surface area contributed by atoms with Crippen molar-refractivity contribution in [2.24, 2.45) is 0 Å². The van der Waals surface area contributed by atoms with Gasteiger partial charge in [0.25, 0.3) is 0 Å². The topological polar surface area (TPSA) is 42.4 Å². The molecule has 0 unspecified atom stereocenters. The summed E-state index contributed by atoms with van der Waals surface area (Å²) in [6.07, 6.45) is 1.59. The molecule has 0 fully saturated rings. The van der Waals surface area contributed by atoms with Gasteiger partial charge in [0.05, 0.1) is 11.1 Å². The van der Waals surface area contributed by atoms with Crippen LogP contribution < -0.4 is 4.74 Å². The summed E-state index contributed by atoms with van der Waals surface area (Å²) in [5.74, 6) is 1.05. The number of hydrogen-bond donors (Lipinski definition) is 1. The van der Waals surface area contributed by atoms with E-state index in [1.165, 1.54) is 0 Å². The number of aliphatic hydroxyl groups is 1. The van der Waals surface area contributed by atoms with Gasteiger partial charge in [0.1, 0.15) is 5.75 Å².